The predicted molar refractivity (Wildman–Crippen MR) is 83.4 cm³/mol. The summed E-state index contributed by atoms with van der Waals surface area (Å²) in [6, 6.07) is 7.76. The Morgan fingerprint density at radius 3 is 2.95 bits per heavy atom. The first-order valence-corrected chi connectivity index (χ1v) is 7.64. The molecule has 1 amide bonds. The van der Waals surface area contributed by atoms with Crippen molar-refractivity contribution in [2.75, 3.05) is 18.1 Å². The maximum Gasteiger partial charge on any atom is 0.414 e. The first-order valence-electron chi connectivity index (χ1n) is 6.81. The number of rotatable bonds is 3. The van der Waals surface area contributed by atoms with Gasteiger partial charge in [0.1, 0.15) is 12.4 Å². The van der Waals surface area contributed by atoms with E-state index in [0.717, 1.165) is 22.8 Å². The average molecular weight is 312 g/mol. The zero-order valence-electron chi connectivity index (χ0n) is 11.5. The summed E-state index contributed by atoms with van der Waals surface area (Å²) in [4.78, 5) is 17.7. The maximum atomic E-state index is 11.7. The van der Waals surface area contributed by atoms with E-state index in [1.807, 2.05) is 40.4 Å². The van der Waals surface area contributed by atoms with Crippen molar-refractivity contribution in [3.63, 3.8) is 0 Å². The number of cyclic esters (lactones) is 1. The molecule has 7 heteroatoms. The predicted octanol–water partition coefficient (Wildman–Crippen LogP) is 2.95. The summed E-state index contributed by atoms with van der Waals surface area (Å²) in [6.45, 7) is 1.01. The van der Waals surface area contributed by atoms with Crippen molar-refractivity contribution in [3.8, 4) is 17.1 Å². The number of hydrogen-bond donors (Lipinski definition) is 0. The standard InChI is InChI=1S/C15H12N4O2S/c20-15-19(6-7-21-15)13-3-1-2-12(8-13)18-5-4-16-14(18)11-9-17-22-10-11/h1-5,8-10H,6-7H2. The van der Waals surface area contributed by atoms with Crippen LogP contribution in [0.3, 0.4) is 0 Å². The second-order valence-electron chi connectivity index (χ2n) is 4.82. The van der Waals surface area contributed by atoms with Crippen LogP contribution in [-0.4, -0.2) is 33.2 Å². The van der Waals surface area contributed by atoms with E-state index in [1.54, 1.807) is 17.3 Å². The van der Waals surface area contributed by atoms with Crippen molar-refractivity contribution >= 4 is 23.3 Å². The highest BCUT2D eigenvalue weighted by Gasteiger charge is 2.23. The zero-order valence-corrected chi connectivity index (χ0v) is 12.4. The van der Waals surface area contributed by atoms with Gasteiger partial charge in [0.15, 0.2) is 0 Å². The average Bonchev–Trinajstić information content (AvgIpc) is 3.28. The molecule has 1 saturated heterocycles. The molecule has 22 heavy (non-hydrogen) atoms. The topological polar surface area (TPSA) is 60.2 Å². The molecular formula is C15H12N4O2S. The second-order valence-corrected chi connectivity index (χ2v) is 5.48. The van der Waals surface area contributed by atoms with Crippen molar-refractivity contribution < 1.29 is 9.53 Å². The highest BCUT2D eigenvalue weighted by Crippen LogP contribution is 2.26. The first kappa shape index (κ1) is 13.0. The van der Waals surface area contributed by atoms with Crippen molar-refractivity contribution in [2.24, 2.45) is 0 Å². The Morgan fingerprint density at radius 1 is 1.27 bits per heavy atom. The van der Waals surface area contributed by atoms with Gasteiger partial charge in [-0.15, -0.1) is 0 Å². The monoisotopic (exact) mass is 312 g/mol. The summed E-state index contributed by atoms with van der Waals surface area (Å²) in [6.07, 6.45) is 5.15. The van der Waals surface area contributed by atoms with Crippen LogP contribution >= 0.6 is 11.5 Å². The third-order valence-electron chi connectivity index (χ3n) is 3.51. The van der Waals surface area contributed by atoms with Gasteiger partial charge < -0.3 is 4.74 Å². The van der Waals surface area contributed by atoms with Gasteiger partial charge >= 0.3 is 6.09 Å². The molecule has 1 aliphatic heterocycles. The van der Waals surface area contributed by atoms with Gasteiger partial charge in [0.05, 0.1) is 12.7 Å². The van der Waals surface area contributed by atoms with Crippen molar-refractivity contribution in [3.05, 3.63) is 48.2 Å². The molecule has 1 aromatic carbocycles. The minimum Gasteiger partial charge on any atom is -0.447 e. The lowest BCUT2D eigenvalue weighted by atomic mass is 10.2. The number of anilines is 1. The van der Waals surface area contributed by atoms with Crippen LogP contribution in [0.5, 0.6) is 0 Å². The third kappa shape index (κ3) is 2.15. The minimum absolute atomic E-state index is 0.301. The van der Waals surface area contributed by atoms with Gasteiger partial charge in [-0.1, -0.05) is 6.07 Å². The number of imidazole rings is 1. The molecule has 0 aliphatic carbocycles. The number of aromatic nitrogens is 3. The lowest BCUT2D eigenvalue weighted by Crippen LogP contribution is -2.23. The van der Waals surface area contributed by atoms with Crippen LogP contribution in [0.15, 0.2) is 48.2 Å². The molecule has 6 nitrogen and oxygen atoms in total. The first-order chi connectivity index (χ1) is 10.8. The number of ether oxygens (including phenoxy) is 1. The van der Waals surface area contributed by atoms with E-state index in [2.05, 4.69) is 9.36 Å². The quantitative estimate of drug-likeness (QED) is 0.746. The number of hydrogen-bond acceptors (Lipinski definition) is 5. The number of nitrogens with zero attached hydrogens (tertiary/aromatic N) is 4. The van der Waals surface area contributed by atoms with Crippen molar-refractivity contribution in [1.82, 2.24) is 13.9 Å². The Bertz CT molecular complexity index is 813. The number of carbonyl (C=O) groups is 1. The van der Waals surface area contributed by atoms with Gasteiger partial charge in [-0.05, 0) is 29.7 Å². The van der Waals surface area contributed by atoms with Gasteiger partial charge in [-0.25, -0.2) is 14.2 Å². The smallest absolute Gasteiger partial charge is 0.414 e. The largest absolute Gasteiger partial charge is 0.447 e. The van der Waals surface area contributed by atoms with Gasteiger partial charge in [0.2, 0.25) is 0 Å². The molecule has 0 atom stereocenters. The van der Waals surface area contributed by atoms with Gasteiger partial charge in [-0.2, -0.15) is 0 Å². The number of carbonyl (C=O) groups excluding carboxylic acids is 1. The van der Waals surface area contributed by atoms with Crippen LogP contribution in [0.25, 0.3) is 17.1 Å². The van der Waals surface area contributed by atoms with E-state index in [9.17, 15) is 4.79 Å². The van der Waals surface area contributed by atoms with Crippen molar-refractivity contribution in [1.29, 1.82) is 0 Å². The zero-order chi connectivity index (χ0) is 14.9. The minimum atomic E-state index is -0.301. The van der Waals surface area contributed by atoms with E-state index in [1.165, 1.54) is 11.5 Å². The molecule has 1 fully saturated rings. The Morgan fingerprint density at radius 2 is 2.18 bits per heavy atom. The summed E-state index contributed by atoms with van der Waals surface area (Å²) in [5, 5.41) is 1.96. The fourth-order valence-corrected chi connectivity index (χ4v) is 2.99. The molecule has 4 rings (SSSR count). The Balaban J connectivity index is 1.75. The van der Waals surface area contributed by atoms with Crippen LogP contribution in [0.1, 0.15) is 0 Å². The van der Waals surface area contributed by atoms with Crippen LogP contribution in [0, 0.1) is 0 Å². The Hall–Kier alpha value is -2.67. The summed E-state index contributed by atoms with van der Waals surface area (Å²) in [5.74, 6) is 0.829. The second kappa shape index (κ2) is 5.27. The van der Waals surface area contributed by atoms with E-state index >= 15 is 0 Å². The molecular weight excluding hydrogens is 300 g/mol. The summed E-state index contributed by atoms with van der Waals surface area (Å²) < 4.78 is 11.1. The van der Waals surface area contributed by atoms with Gasteiger partial charge in [0, 0.05) is 34.7 Å². The molecule has 0 unspecified atom stereocenters. The molecule has 1 aliphatic rings. The normalized spacial score (nSPS) is 14.4. The number of benzene rings is 1. The maximum absolute atomic E-state index is 11.7. The van der Waals surface area contributed by atoms with E-state index in [-0.39, 0.29) is 6.09 Å². The fraction of sp³-hybridized carbons (Fsp3) is 0.133. The summed E-state index contributed by atoms with van der Waals surface area (Å²) in [5.41, 5.74) is 2.74. The fourth-order valence-electron chi connectivity index (χ4n) is 2.48. The molecule has 3 aromatic rings. The molecule has 0 radical (unpaired) electrons. The summed E-state index contributed by atoms with van der Waals surface area (Å²) in [7, 11) is 0. The highest BCUT2D eigenvalue weighted by atomic mass is 32.1. The van der Waals surface area contributed by atoms with Crippen LogP contribution in [0.2, 0.25) is 0 Å². The molecule has 0 bridgehead atoms. The molecule has 110 valence electrons. The molecule has 0 spiro atoms. The molecule has 2 aromatic heterocycles. The molecule has 0 saturated carbocycles. The SMILES string of the molecule is O=C1OCCN1c1cccc(-n2ccnc2-c2cnsc2)c1. The third-order valence-corrected chi connectivity index (χ3v) is 4.10. The van der Waals surface area contributed by atoms with E-state index in [0.29, 0.717) is 13.2 Å². The van der Waals surface area contributed by atoms with Crippen LogP contribution in [-0.2, 0) is 4.74 Å². The van der Waals surface area contributed by atoms with E-state index in [4.69, 9.17) is 4.74 Å². The summed E-state index contributed by atoms with van der Waals surface area (Å²) >= 11 is 1.39. The number of amides is 1. The van der Waals surface area contributed by atoms with Crippen molar-refractivity contribution in [2.45, 2.75) is 0 Å². The lowest BCUT2D eigenvalue weighted by Gasteiger charge is -2.14. The Kier molecular flexibility index (Phi) is 3.12. The Labute approximate surface area is 130 Å². The highest BCUT2D eigenvalue weighted by molar-refractivity contribution is 7.03. The van der Waals surface area contributed by atoms with E-state index < -0.39 is 0 Å². The van der Waals surface area contributed by atoms with Gasteiger partial charge in [-0.3, -0.25) is 9.47 Å². The van der Waals surface area contributed by atoms with Gasteiger partial charge in [0.25, 0.3) is 0 Å². The van der Waals surface area contributed by atoms with Crippen LogP contribution < -0.4 is 4.90 Å². The molecule has 3 heterocycles. The molecule has 0 N–H and O–H groups in total. The lowest BCUT2D eigenvalue weighted by molar-refractivity contribution is 0.181. The van der Waals surface area contributed by atoms with Crippen LogP contribution in [0.4, 0.5) is 10.5 Å².